The number of carboxylic acids is 1. The molecule has 2 bridgehead atoms. The lowest BCUT2D eigenvalue weighted by Gasteiger charge is -2.38. The van der Waals surface area contributed by atoms with Crippen molar-refractivity contribution in [1.29, 1.82) is 0 Å². The Morgan fingerprint density at radius 3 is 2.30 bits per heavy atom. The van der Waals surface area contributed by atoms with Crippen molar-refractivity contribution in [3.05, 3.63) is 59.7 Å². The maximum Gasteiger partial charge on any atom is 0.407 e. The number of hydrogen-bond donors (Lipinski definition) is 2. The van der Waals surface area contributed by atoms with Crippen LogP contribution in [0.4, 0.5) is 4.79 Å². The molecule has 2 N–H and O–H groups in total. The molecule has 0 spiro atoms. The van der Waals surface area contributed by atoms with Crippen molar-refractivity contribution in [2.24, 2.45) is 5.92 Å². The van der Waals surface area contributed by atoms with E-state index in [1.165, 1.54) is 0 Å². The third-order valence-electron chi connectivity index (χ3n) is 7.49. The number of ether oxygens (including phenoxy) is 1. The van der Waals surface area contributed by atoms with Crippen LogP contribution in [0.2, 0.25) is 0 Å². The highest BCUT2D eigenvalue weighted by atomic mass is 16.5. The summed E-state index contributed by atoms with van der Waals surface area (Å²) in [6.45, 7) is 2.78. The maximum absolute atomic E-state index is 13.2. The van der Waals surface area contributed by atoms with E-state index >= 15 is 0 Å². The maximum atomic E-state index is 13.2. The van der Waals surface area contributed by atoms with E-state index < -0.39 is 24.5 Å². The van der Waals surface area contributed by atoms with Gasteiger partial charge in [-0.25, -0.2) is 4.79 Å². The van der Waals surface area contributed by atoms with E-state index in [0.717, 1.165) is 41.5 Å². The number of rotatable bonds is 6. The van der Waals surface area contributed by atoms with E-state index in [1.54, 1.807) is 4.90 Å². The number of alkyl carbamates (subject to hydrolysis) is 1. The van der Waals surface area contributed by atoms with Gasteiger partial charge in [-0.05, 0) is 54.4 Å². The van der Waals surface area contributed by atoms with Gasteiger partial charge in [0.1, 0.15) is 12.6 Å². The van der Waals surface area contributed by atoms with Gasteiger partial charge in [-0.1, -0.05) is 48.5 Å². The molecule has 5 rings (SSSR count). The van der Waals surface area contributed by atoms with Gasteiger partial charge in [-0.2, -0.15) is 0 Å². The van der Waals surface area contributed by atoms with E-state index in [4.69, 9.17) is 4.74 Å². The lowest BCUT2D eigenvalue weighted by molar-refractivity contribution is -0.144. The lowest BCUT2D eigenvalue weighted by Crippen LogP contribution is -2.55. The van der Waals surface area contributed by atoms with Crippen LogP contribution in [0, 0.1) is 5.92 Å². The summed E-state index contributed by atoms with van der Waals surface area (Å²) in [6, 6.07) is 14.9. The number of carbonyl (C=O) groups is 3. The molecule has 1 saturated carbocycles. The number of hydrogen-bond acceptors (Lipinski definition) is 4. The van der Waals surface area contributed by atoms with Gasteiger partial charge in [0.25, 0.3) is 0 Å². The van der Waals surface area contributed by atoms with E-state index in [-0.39, 0.29) is 24.0 Å². The molecule has 0 radical (unpaired) electrons. The second-order valence-electron chi connectivity index (χ2n) is 9.67. The average molecular weight is 449 g/mol. The molecule has 1 saturated heterocycles. The highest BCUT2D eigenvalue weighted by Crippen LogP contribution is 2.46. The first kappa shape index (κ1) is 21.5. The summed E-state index contributed by atoms with van der Waals surface area (Å²) in [7, 11) is 0. The van der Waals surface area contributed by atoms with Gasteiger partial charge >= 0.3 is 12.1 Å². The molecule has 1 aliphatic heterocycles. The van der Waals surface area contributed by atoms with Gasteiger partial charge in [-0.3, -0.25) is 9.59 Å². The molecule has 172 valence electrons. The second-order valence-corrected chi connectivity index (χ2v) is 9.67. The number of benzene rings is 2. The Bertz CT molecular complexity index is 1070. The Morgan fingerprint density at radius 2 is 1.76 bits per heavy atom. The van der Waals surface area contributed by atoms with Crippen molar-refractivity contribution in [3.8, 4) is 11.1 Å². The predicted octanol–water partition coefficient (Wildman–Crippen LogP) is 3.77. The third-order valence-corrected chi connectivity index (χ3v) is 7.49. The Morgan fingerprint density at radius 1 is 1.12 bits per heavy atom. The number of carbonyl (C=O) groups excluding carboxylic acids is 2. The summed E-state index contributed by atoms with van der Waals surface area (Å²) in [6.07, 6.45) is 1.69. The minimum atomic E-state index is -1.14. The number of carboxylic acid groups (broad SMARTS) is 1. The summed E-state index contributed by atoms with van der Waals surface area (Å²) in [5, 5.41) is 11.9. The fraction of sp³-hybridized carbons (Fsp3) is 0.423. The zero-order valence-electron chi connectivity index (χ0n) is 18.6. The average Bonchev–Trinajstić information content (AvgIpc) is 3.44. The minimum absolute atomic E-state index is 0.106. The van der Waals surface area contributed by atoms with Crippen molar-refractivity contribution in [3.63, 3.8) is 0 Å². The van der Waals surface area contributed by atoms with Crippen molar-refractivity contribution in [1.82, 2.24) is 10.2 Å². The predicted molar refractivity (Wildman–Crippen MR) is 122 cm³/mol. The Hall–Kier alpha value is -3.35. The molecule has 2 aromatic rings. The third kappa shape index (κ3) is 3.86. The smallest absolute Gasteiger partial charge is 0.407 e. The first-order valence-electron chi connectivity index (χ1n) is 11.5. The highest BCUT2D eigenvalue weighted by molar-refractivity contribution is 5.90. The molecule has 7 heteroatoms. The monoisotopic (exact) mass is 448 g/mol. The number of fused-ring (bicyclic) bond motifs is 5. The van der Waals surface area contributed by atoms with Gasteiger partial charge in [0.15, 0.2) is 0 Å². The number of nitrogens with zero attached hydrogens (tertiary/aromatic N) is 1. The SMILES string of the molecule is CC12CCC(CN1C(=O)C(CC(=O)O)NC(=O)OCC1c3ccccc3-c3ccccc31)C2. The highest BCUT2D eigenvalue weighted by Gasteiger charge is 2.50. The molecule has 3 atom stereocenters. The number of likely N-dealkylation sites (tertiary alicyclic amines) is 1. The summed E-state index contributed by atoms with van der Waals surface area (Å²) < 4.78 is 5.54. The number of piperidine rings is 1. The first-order chi connectivity index (χ1) is 15.9. The standard InChI is InChI=1S/C26H28N2O5/c1-26-11-10-16(13-26)14-28(26)24(31)22(12-23(29)30)27-25(32)33-15-21-19-8-4-2-6-17(19)18-7-3-5-9-20(18)21/h2-9,16,21-22H,10-15H2,1H3,(H,27,32)(H,29,30). The molecule has 2 fully saturated rings. The quantitative estimate of drug-likeness (QED) is 0.701. The Balaban J connectivity index is 1.27. The van der Waals surface area contributed by atoms with Crippen LogP contribution < -0.4 is 5.32 Å². The Kier molecular flexibility index (Phi) is 5.35. The topological polar surface area (TPSA) is 95.9 Å². The van der Waals surface area contributed by atoms with Crippen molar-refractivity contribution in [2.45, 2.75) is 50.1 Å². The zero-order valence-corrected chi connectivity index (χ0v) is 18.6. The van der Waals surface area contributed by atoms with Crippen LogP contribution in [-0.2, 0) is 14.3 Å². The van der Waals surface area contributed by atoms with Crippen LogP contribution in [0.1, 0.15) is 49.7 Å². The van der Waals surface area contributed by atoms with E-state index in [0.29, 0.717) is 12.5 Å². The molecular formula is C26H28N2O5. The molecule has 33 heavy (non-hydrogen) atoms. The summed E-state index contributed by atoms with van der Waals surface area (Å²) in [5.74, 6) is -1.12. The summed E-state index contributed by atoms with van der Waals surface area (Å²) in [5.41, 5.74) is 4.18. The molecule has 1 heterocycles. The molecule has 7 nitrogen and oxygen atoms in total. The summed E-state index contributed by atoms with van der Waals surface area (Å²) in [4.78, 5) is 39.1. The van der Waals surface area contributed by atoms with Gasteiger partial charge in [0, 0.05) is 18.0 Å². The Labute approximate surface area is 192 Å². The van der Waals surface area contributed by atoms with Crippen LogP contribution >= 0.6 is 0 Å². The largest absolute Gasteiger partial charge is 0.481 e. The number of amides is 2. The number of nitrogens with one attached hydrogen (secondary N) is 1. The molecular weight excluding hydrogens is 420 g/mol. The molecule has 0 aromatic heterocycles. The van der Waals surface area contributed by atoms with Gasteiger partial charge < -0.3 is 20.1 Å². The lowest BCUT2D eigenvalue weighted by atomic mass is 9.98. The number of aliphatic carboxylic acids is 1. The molecule has 2 aromatic carbocycles. The minimum Gasteiger partial charge on any atom is -0.481 e. The fourth-order valence-electron chi connectivity index (χ4n) is 5.92. The second kappa shape index (κ2) is 8.21. The molecule has 3 aliphatic rings. The van der Waals surface area contributed by atoms with Crippen LogP contribution in [0.15, 0.2) is 48.5 Å². The molecule has 3 unspecified atom stereocenters. The van der Waals surface area contributed by atoms with Crippen LogP contribution in [-0.4, -0.2) is 52.7 Å². The van der Waals surface area contributed by atoms with Gasteiger partial charge in [0.05, 0.1) is 6.42 Å². The normalized spacial score (nSPS) is 23.7. The van der Waals surface area contributed by atoms with Crippen LogP contribution in [0.5, 0.6) is 0 Å². The van der Waals surface area contributed by atoms with Crippen molar-refractivity contribution < 1.29 is 24.2 Å². The van der Waals surface area contributed by atoms with Crippen LogP contribution in [0.3, 0.4) is 0 Å². The van der Waals surface area contributed by atoms with Crippen LogP contribution in [0.25, 0.3) is 11.1 Å². The van der Waals surface area contributed by atoms with Gasteiger partial charge in [0.2, 0.25) is 5.91 Å². The summed E-state index contributed by atoms with van der Waals surface area (Å²) >= 11 is 0. The zero-order chi connectivity index (χ0) is 23.2. The van der Waals surface area contributed by atoms with E-state index in [9.17, 15) is 19.5 Å². The molecule has 2 amide bonds. The van der Waals surface area contributed by atoms with Crippen molar-refractivity contribution in [2.75, 3.05) is 13.2 Å². The molecule has 2 aliphatic carbocycles. The first-order valence-corrected chi connectivity index (χ1v) is 11.5. The fourth-order valence-corrected chi connectivity index (χ4v) is 5.92. The van der Waals surface area contributed by atoms with Gasteiger partial charge in [-0.15, -0.1) is 0 Å². The van der Waals surface area contributed by atoms with E-state index in [1.807, 2.05) is 43.3 Å². The van der Waals surface area contributed by atoms with Crippen molar-refractivity contribution >= 4 is 18.0 Å². The van der Waals surface area contributed by atoms with E-state index in [2.05, 4.69) is 17.4 Å².